The number of benzene rings is 7. The molecule has 0 atom stereocenters. The van der Waals surface area contributed by atoms with E-state index in [-0.39, 0.29) is 5.41 Å². The Hall–Kier alpha value is -6.39. The van der Waals surface area contributed by atoms with Gasteiger partial charge < -0.3 is 0 Å². The van der Waals surface area contributed by atoms with Gasteiger partial charge >= 0.3 is 0 Å². The monoisotopic (exact) mass is 640 g/mol. The molecule has 2 heterocycles. The van der Waals surface area contributed by atoms with Crippen molar-refractivity contribution in [3.8, 4) is 51.0 Å². The summed E-state index contributed by atoms with van der Waals surface area (Å²) < 4.78 is 2.28. The van der Waals surface area contributed by atoms with E-state index in [1.807, 2.05) is 36.4 Å². The Morgan fingerprint density at radius 1 is 0.460 bits per heavy atom. The smallest absolute Gasteiger partial charge is 0.238 e. The fraction of sp³-hybridized carbons (Fsp3) is 0.0652. The number of hydrogen-bond acceptors (Lipinski definition) is 3. The molecule has 2 aromatic heterocycles. The molecule has 0 unspecified atom stereocenters. The van der Waals surface area contributed by atoms with Crippen LogP contribution in [-0.2, 0) is 5.41 Å². The van der Waals surface area contributed by atoms with Gasteiger partial charge in [-0.25, -0.2) is 4.98 Å². The molecule has 10 rings (SSSR count). The summed E-state index contributed by atoms with van der Waals surface area (Å²) in [5, 5.41) is 4.69. The van der Waals surface area contributed by atoms with Crippen molar-refractivity contribution in [2.45, 2.75) is 19.3 Å². The normalized spacial score (nSPS) is 13.2. The Morgan fingerprint density at radius 2 is 1.02 bits per heavy atom. The summed E-state index contributed by atoms with van der Waals surface area (Å²) in [6.45, 7) is 4.68. The molecule has 1 aliphatic carbocycles. The van der Waals surface area contributed by atoms with E-state index in [1.54, 1.807) is 0 Å². The van der Waals surface area contributed by atoms with Crippen molar-refractivity contribution in [1.29, 1.82) is 0 Å². The first-order valence-electron chi connectivity index (χ1n) is 17.1. The average Bonchev–Trinajstić information content (AvgIpc) is 3.62. The van der Waals surface area contributed by atoms with Crippen LogP contribution in [0.1, 0.15) is 25.0 Å². The summed E-state index contributed by atoms with van der Waals surface area (Å²) in [4.78, 5) is 15.5. The van der Waals surface area contributed by atoms with E-state index in [0.717, 1.165) is 38.5 Å². The fourth-order valence-electron chi connectivity index (χ4n) is 8.05. The first-order chi connectivity index (χ1) is 24.6. The zero-order valence-electron chi connectivity index (χ0n) is 27.8. The van der Waals surface area contributed by atoms with E-state index in [1.165, 1.54) is 38.6 Å². The molecule has 0 spiro atoms. The third-order valence-corrected chi connectivity index (χ3v) is 10.4. The molecule has 1 aliphatic rings. The molecule has 4 nitrogen and oxygen atoms in total. The molecule has 0 amide bonds. The first-order valence-corrected chi connectivity index (χ1v) is 17.1. The second-order valence-electron chi connectivity index (χ2n) is 13.7. The van der Waals surface area contributed by atoms with E-state index in [0.29, 0.717) is 17.6 Å². The molecular weight excluding hydrogens is 609 g/mol. The topological polar surface area (TPSA) is 43.6 Å². The largest absolute Gasteiger partial charge is 0.277 e. The number of rotatable bonds is 4. The van der Waals surface area contributed by atoms with Crippen LogP contribution < -0.4 is 0 Å². The van der Waals surface area contributed by atoms with Gasteiger partial charge in [0.15, 0.2) is 11.6 Å². The molecule has 50 heavy (non-hydrogen) atoms. The molecule has 0 fully saturated rings. The zero-order valence-corrected chi connectivity index (χ0v) is 27.8. The van der Waals surface area contributed by atoms with Crippen molar-refractivity contribution >= 4 is 32.6 Å². The summed E-state index contributed by atoms with van der Waals surface area (Å²) in [6.07, 6.45) is 0. The van der Waals surface area contributed by atoms with Crippen molar-refractivity contribution in [3.63, 3.8) is 0 Å². The van der Waals surface area contributed by atoms with Gasteiger partial charge in [0.1, 0.15) is 0 Å². The molecule has 0 radical (unpaired) electrons. The molecule has 0 saturated heterocycles. The minimum atomic E-state index is -0.107. The maximum absolute atomic E-state index is 5.26. The molecular formula is C46H32N4. The molecule has 0 bridgehead atoms. The standard InChI is InChI=1S/C46H32N4/c1-46(2)38-25-12-11-21-36(38)41-33(22-14-26-39(41)46)34-23-13-24-35-37-27-31-19-9-10-20-32(31)28-40(37)50(42(34)35)45-48-43(29-15-5-3-6-16-29)47-44(49-45)30-17-7-4-8-18-30/h3-28H,1-2H3. The van der Waals surface area contributed by atoms with E-state index in [9.17, 15) is 0 Å². The Balaban J connectivity index is 1.35. The van der Waals surface area contributed by atoms with Gasteiger partial charge in [-0.2, -0.15) is 9.97 Å². The summed E-state index contributed by atoms with van der Waals surface area (Å²) >= 11 is 0. The summed E-state index contributed by atoms with van der Waals surface area (Å²) in [5.74, 6) is 1.87. The quantitative estimate of drug-likeness (QED) is 0.192. The predicted molar refractivity (Wildman–Crippen MR) is 206 cm³/mol. The molecule has 4 heteroatoms. The summed E-state index contributed by atoms with van der Waals surface area (Å²) in [7, 11) is 0. The van der Waals surface area contributed by atoms with Crippen LogP contribution in [0, 0.1) is 0 Å². The third-order valence-electron chi connectivity index (χ3n) is 10.4. The van der Waals surface area contributed by atoms with Gasteiger partial charge in [0.25, 0.3) is 0 Å². The van der Waals surface area contributed by atoms with Crippen LogP contribution in [0.2, 0.25) is 0 Å². The van der Waals surface area contributed by atoms with E-state index >= 15 is 0 Å². The number of aromatic nitrogens is 4. The van der Waals surface area contributed by atoms with Gasteiger partial charge in [0.05, 0.1) is 11.0 Å². The zero-order chi connectivity index (χ0) is 33.4. The Labute approximate surface area is 290 Å². The van der Waals surface area contributed by atoms with Crippen LogP contribution in [0.3, 0.4) is 0 Å². The van der Waals surface area contributed by atoms with Gasteiger partial charge in [-0.3, -0.25) is 4.57 Å². The highest BCUT2D eigenvalue weighted by atomic mass is 15.2. The lowest BCUT2D eigenvalue weighted by atomic mass is 9.82. The SMILES string of the molecule is CC1(C)c2ccccc2-c2c(-c3cccc4c5cc6ccccc6cc5n(-c5nc(-c6ccccc6)nc(-c6ccccc6)n5)c34)cccc21. The second-order valence-corrected chi connectivity index (χ2v) is 13.7. The first kappa shape index (κ1) is 28.6. The van der Waals surface area contributed by atoms with Crippen molar-refractivity contribution in [3.05, 3.63) is 169 Å². The number of nitrogens with zero attached hydrogens (tertiary/aromatic N) is 4. The molecule has 0 N–H and O–H groups in total. The molecule has 7 aromatic carbocycles. The van der Waals surface area contributed by atoms with Crippen molar-refractivity contribution < 1.29 is 0 Å². The van der Waals surface area contributed by atoms with Crippen LogP contribution in [0.5, 0.6) is 0 Å². The third kappa shape index (κ3) is 4.21. The molecule has 236 valence electrons. The van der Waals surface area contributed by atoms with Crippen molar-refractivity contribution in [2.24, 2.45) is 0 Å². The van der Waals surface area contributed by atoms with Crippen molar-refractivity contribution in [1.82, 2.24) is 19.5 Å². The maximum atomic E-state index is 5.26. The number of hydrogen-bond donors (Lipinski definition) is 0. The lowest BCUT2D eigenvalue weighted by molar-refractivity contribution is 0.660. The van der Waals surface area contributed by atoms with Gasteiger partial charge in [0.2, 0.25) is 5.95 Å². The maximum Gasteiger partial charge on any atom is 0.238 e. The number of fused-ring (bicyclic) bond motifs is 7. The molecule has 0 aliphatic heterocycles. The lowest BCUT2D eigenvalue weighted by Crippen LogP contribution is -2.14. The van der Waals surface area contributed by atoms with Gasteiger partial charge in [-0.15, -0.1) is 0 Å². The highest BCUT2D eigenvalue weighted by Gasteiger charge is 2.37. The minimum Gasteiger partial charge on any atom is -0.277 e. The Morgan fingerprint density at radius 3 is 1.74 bits per heavy atom. The highest BCUT2D eigenvalue weighted by molar-refractivity contribution is 6.17. The van der Waals surface area contributed by atoms with Crippen molar-refractivity contribution in [2.75, 3.05) is 0 Å². The number of para-hydroxylation sites is 1. The van der Waals surface area contributed by atoms with Crippen LogP contribution in [0.25, 0.3) is 83.6 Å². The van der Waals surface area contributed by atoms with Crippen LogP contribution >= 0.6 is 0 Å². The second kappa shape index (κ2) is 10.8. The van der Waals surface area contributed by atoms with Crippen LogP contribution in [0.15, 0.2) is 158 Å². The van der Waals surface area contributed by atoms with E-state index < -0.39 is 0 Å². The average molecular weight is 641 g/mol. The molecule has 0 saturated carbocycles. The van der Waals surface area contributed by atoms with Gasteiger partial charge in [-0.05, 0) is 50.7 Å². The Bertz CT molecular complexity index is 2720. The summed E-state index contributed by atoms with van der Waals surface area (Å²) in [5.41, 5.74) is 11.6. The molecule has 9 aromatic rings. The predicted octanol–water partition coefficient (Wildman–Crippen LogP) is 11.4. The van der Waals surface area contributed by atoms with Crippen LogP contribution in [-0.4, -0.2) is 19.5 Å². The lowest BCUT2D eigenvalue weighted by Gasteiger charge is -2.21. The van der Waals surface area contributed by atoms with E-state index in [4.69, 9.17) is 15.0 Å². The minimum absolute atomic E-state index is 0.107. The fourth-order valence-corrected chi connectivity index (χ4v) is 8.05. The van der Waals surface area contributed by atoms with Crippen LogP contribution in [0.4, 0.5) is 0 Å². The van der Waals surface area contributed by atoms with E-state index in [2.05, 4.69) is 140 Å². The van der Waals surface area contributed by atoms with Gasteiger partial charge in [0, 0.05) is 32.9 Å². The Kier molecular flexibility index (Phi) is 6.19. The highest BCUT2D eigenvalue weighted by Crippen LogP contribution is 2.53. The van der Waals surface area contributed by atoms with Gasteiger partial charge in [-0.1, -0.05) is 159 Å². The summed E-state index contributed by atoms with van der Waals surface area (Å²) in [6, 6.07) is 55.9.